The lowest BCUT2D eigenvalue weighted by molar-refractivity contribution is -0.136. The van der Waals surface area contributed by atoms with Crippen LogP contribution in [0.25, 0.3) is 11.1 Å². The van der Waals surface area contributed by atoms with Gasteiger partial charge in [0.2, 0.25) is 0 Å². The molecule has 1 aliphatic carbocycles. The second-order valence-electron chi connectivity index (χ2n) is 6.68. The fourth-order valence-corrected chi connectivity index (χ4v) is 3.35. The number of amides is 2. The molecule has 3 aromatic rings. The number of nitrogens with one attached hydrogen (secondary N) is 3. The Kier molecular flexibility index (Phi) is 4.70. The van der Waals surface area contributed by atoms with E-state index in [0.29, 0.717) is 12.1 Å². The molecule has 2 aromatic carbocycles. The predicted molar refractivity (Wildman–Crippen MR) is 103 cm³/mol. The molecule has 0 unspecified atom stereocenters. The van der Waals surface area contributed by atoms with Crippen molar-refractivity contribution in [2.45, 2.75) is 25.3 Å². The highest BCUT2D eigenvalue weighted by Crippen LogP contribution is 2.21. The van der Waals surface area contributed by atoms with E-state index in [2.05, 4.69) is 20.8 Å². The molecule has 0 spiro atoms. The summed E-state index contributed by atoms with van der Waals surface area (Å²) >= 11 is 0. The van der Waals surface area contributed by atoms with E-state index in [1.807, 2.05) is 48.7 Å². The van der Waals surface area contributed by atoms with E-state index >= 15 is 0 Å². The van der Waals surface area contributed by atoms with Crippen LogP contribution in [0.4, 0.5) is 5.69 Å². The maximum Gasteiger partial charge on any atom is 0.313 e. The number of aromatic nitrogens is 2. The molecule has 1 aromatic heterocycles. The Morgan fingerprint density at radius 3 is 2.48 bits per heavy atom. The third kappa shape index (κ3) is 3.89. The summed E-state index contributed by atoms with van der Waals surface area (Å²) in [5.74, 6) is -1.27. The predicted octanol–water partition coefficient (Wildman–Crippen LogP) is 2.69. The van der Waals surface area contributed by atoms with Crippen LogP contribution in [-0.4, -0.2) is 28.1 Å². The Hall–Kier alpha value is -3.41. The van der Waals surface area contributed by atoms with E-state index in [9.17, 15) is 9.59 Å². The fourth-order valence-electron chi connectivity index (χ4n) is 3.35. The zero-order chi connectivity index (χ0) is 18.6. The average Bonchev–Trinajstić information content (AvgIpc) is 3.17. The van der Waals surface area contributed by atoms with Crippen LogP contribution in [0.15, 0.2) is 60.8 Å². The number of anilines is 1. The van der Waals surface area contributed by atoms with Crippen molar-refractivity contribution in [3.05, 3.63) is 72.1 Å². The average molecular weight is 360 g/mol. The van der Waals surface area contributed by atoms with Crippen LogP contribution in [0, 0.1) is 0 Å². The number of rotatable bonds is 3. The summed E-state index contributed by atoms with van der Waals surface area (Å²) in [5, 5.41) is 12.4. The number of nitrogens with zero attached hydrogens (tertiary/aromatic N) is 1. The molecule has 6 nitrogen and oxygen atoms in total. The molecule has 4 rings (SSSR count). The van der Waals surface area contributed by atoms with Gasteiger partial charge in [-0.3, -0.25) is 14.7 Å². The molecule has 0 saturated heterocycles. The van der Waals surface area contributed by atoms with Crippen molar-refractivity contribution in [3.8, 4) is 11.1 Å². The van der Waals surface area contributed by atoms with Gasteiger partial charge in [0.25, 0.3) is 0 Å². The standard InChI is InChI=1S/C21H20N4O2/c26-20(21(27)24-18-11-8-16-13-22-25-19(16)12-18)23-17-9-6-15(7-10-17)14-4-2-1-3-5-14/h1-7,9-10,13,18H,8,11-12H2,(H,22,25)(H,23,26)(H,24,27)/t18-/m0/s1. The van der Waals surface area contributed by atoms with E-state index in [1.165, 1.54) is 5.56 Å². The van der Waals surface area contributed by atoms with Crippen LogP contribution < -0.4 is 10.6 Å². The van der Waals surface area contributed by atoms with E-state index in [0.717, 1.165) is 29.7 Å². The van der Waals surface area contributed by atoms with E-state index < -0.39 is 11.8 Å². The molecule has 0 radical (unpaired) electrons. The van der Waals surface area contributed by atoms with Gasteiger partial charge in [-0.15, -0.1) is 0 Å². The molecule has 27 heavy (non-hydrogen) atoms. The van der Waals surface area contributed by atoms with Crippen molar-refractivity contribution >= 4 is 17.5 Å². The summed E-state index contributed by atoms with van der Waals surface area (Å²) < 4.78 is 0. The van der Waals surface area contributed by atoms with Crippen molar-refractivity contribution in [3.63, 3.8) is 0 Å². The van der Waals surface area contributed by atoms with E-state index in [1.54, 1.807) is 12.1 Å². The van der Waals surface area contributed by atoms with Gasteiger partial charge in [0.15, 0.2) is 0 Å². The van der Waals surface area contributed by atoms with Crippen LogP contribution in [0.3, 0.4) is 0 Å². The molecule has 1 atom stereocenters. The zero-order valence-electron chi connectivity index (χ0n) is 14.7. The lowest BCUT2D eigenvalue weighted by atomic mass is 9.94. The van der Waals surface area contributed by atoms with Gasteiger partial charge in [0.05, 0.1) is 6.20 Å². The highest BCUT2D eigenvalue weighted by atomic mass is 16.2. The number of hydrogen-bond donors (Lipinski definition) is 3. The van der Waals surface area contributed by atoms with Crippen LogP contribution in [0.5, 0.6) is 0 Å². The number of hydrogen-bond acceptors (Lipinski definition) is 3. The fraction of sp³-hybridized carbons (Fsp3) is 0.190. The molecule has 0 fully saturated rings. The van der Waals surface area contributed by atoms with Gasteiger partial charge in [-0.1, -0.05) is 42.5 Å². The topological polar surface area (TPSA) is 86.9 Å². The molecule has 6 heteroatoms. The second-order valence-corrected chi connectivity index (χ2v) is 6.68. The van der Waals surface area contributed by atoms with Crippen LogP contribution in [0.2, 0.25) is 0 Å². The molecule has 3 N–H and O–H groups in total. The molecular weight excluding hydrogens is 340 g/mol. The number of carbonyl (C=O) groups is 2. The smallest absolute Gasteiger partial charge is 0.313 e. The first-order valence-electron chi connectivity index (χ1n) is 8.97. The molecule has 0 bridgehead atoms. The van der Waals surface area contributed by atoms with Gasteiger partial charge in [0.1, 0.15) is 0 Å². The van der Waals surface area contributed by atoms with E-state index in [-0.39, 0.29) is 6.04 Å². The van der Waals surface area contributed by atoms with Crippen molar-refractivity contribution in [2.24, 2.45) is 0 Å². The first-order valence-corrected chi connectivity index (χ1v) is 8.97. The Bertz CT molecular complexity index is 948. The Morgan fingerprint density at radius 1 is 0.963 bits per heavy atom. The molecule has 1 heterocycles. The second kappa shape index (κ2) is 7.45. The molecule has 2 amide bonds. The van der Waals surface area contributed by atoms with Gasteiger partial charge in [0, 0.05) is 23.8 Å². The molecular formula is C21H20N4O2. The maximum absolute atomic E-state index is 12.2. The summed E-state index contributed by atoms with van der Waals surface area (Å²) in [7, 11) is 0. The molecule has 0 saturated carbocycles. The minimum Gasteiger partial charge on any atom is -0.345 e. The largest absolute Gasteiger partial charge is 0.345 e. The minimum atomic E-state index is -0.655. The Morgan fingerprint density at radius 2 is 1.70 bits per heavy atom. The van der Waals surface area contributed by atoms with Gasteiger partial charge < -0.3 is 10.6 Å². The Balaban J connectivity index is 1.34. The third-order valence-electron chi connectivity index (χ3n) is 4.81. The lowest BCUT2D eigenvalue weighted by Gasteiger charge is -2.22. The Labute approximate surface area is 157 Å². The normalized spacial score (nSPS) is 15.6. The highest BCUT2D eigenvalue weighted by Gasteiger charge is 2.24. The first-order chi connectivity index (χ1) is 13.2. The molecule has 0 aliphatic heterocycles. The zero-order valence-corrected chi connectivity index (χ0v) is 14.7. The van der Waals surface area contributed by atoms with Gasteiger partial charge in [-0.25, -0.2) is 0 Å². The summed E-state index contributed by atoms with van der Waals surface area (Å²) in [5.41, 5.74) is 4.96. The summed E-state index contributed by atoms with van der Waals surface area (Å²) in [6, 6.07) is 17.4. The summed E-state index contributed by atoms with van der Waals surface area (Å²) in [4.78, 5) is 24.4. The van der Waals surface area contributed by atoms with Gasteiger partial charge in [-0.05, 0) is 41.7 Å². The van der Waals surface area contributed by atoms with Crippen molar-refractivity contribution in [1.29, 1.82) is 0 Å². The minimum absolute atomic E-state index is 0.0587. The number of H-pyrrole nitrogens is 1. The maximum atomic E-state index is 12.2. The summed E-state index contributed by atoms with van der Waals surface area (Å²) in [6.07, 6.45) is 4.13. The van der Waals surface area contributed by atoms with Crippen LogP contribution in [0.1, 0.15) is 17.7 Å². The number of aromatic amines is 1. The monoisotopic (exact) mass is 360 g/mol. The number of fused-ring (bicyclic) bond motifs is 1. The number of benzene rings is 2. The quantitative estimate of drug-likeness (QED) is 0.628. The van der Waals surface area contributed by atoms with Crippen molar-refractivity contribution in [2.75, 3.05) is 5.32 Å². The lowest BCUT2D eigenvalue weighted by Crippen LogP contribution is -2.44. The van der Waals surface area contributed by atoms with Crippen molar-refractivity contribution < 1.29 is 9.59 Å². The highest BCUT2D eigenvalue weighted by molar-refractivity contribution is 6.39. The van der Waals surface area contributed by atoms with Gasteiger partial charge >= 0.3 is 11.8 Å². The summed E-state index contributed by atoms with van der Waals surface area (Å²) in [6.45, 7) is 0. The number of carbonyl (C=O) groups excluding carboxylic acids is 2. The van der Waals surface area contributed by atoms with Gasteiger partial charge in [-0.2, -0.15) is 5.10 Å². The molecule has 136 valence electrons. The number of aryl methyl sites for hydroxylation is 1. The molecule has 1 aliphatic rings. The first kappa shape index (κ1) is 17.0. The van der Waals surface area contributed by atoms with E-state index in [4.69, 9.17) is 0 Å². The van der Waals surface area contributed by atoms with Crippen LogP contribution in [-0.2, 0) is 22.4 Å². The SMILES string of the molecule is O=C(Nc1ccc(-c2ccccc2)cc1)C(=O)N[C@H]1CCc2cn[nH]c2C1. The third-order valence-corrected chi connectivity index (χ3v) is 4.81. The van der Waals surface area contributed by atoms with Crippen LogP contribution >= 0.6 is 0 Å². The van der Waals surface area contributed by atoms with Crippen molar-refractivity contribution in [1.82, 2.24) is 15.5 Å².